The average molecular weight is 374 g/mol. The Morgan fingerprint density at radius 3 is 2.62 bits per heavy atom. The zero-order chi connectivity index (χ0) is 15.8. The molecule has 6 heteroatoms. The Morgan fingerprint density at radius 2 is 2.05 bits per heavy atom. The summed E-state index contributed by atoms with van der Waals surface area (Å²) in [4.78, 5) is 26.2. The van der Waals surface area contributed by atoms with Crippen LogP contribution in [0.3, 0.4) is 0 Å². The molecule has 0 fully saturated rings. The Labute approximate surface area is 138 Å². The van der Waals surface area contributed by atoms with Crippen LogP contribution < -0.4 is 0 Å². The lowest BCUT2D eigenvalue weighted by Gasteiger charge is -2.19. The Balaban J connectivity index is 2.56. The SMILES string of the molecule is CCOC(=O)CN(CC)C(=O)CSc1ccc(Br)cc1C. The largest absolute Gasteiger partial charge is 0.465 e. The molecule has 1 amide bonds. The van der Waals surface area contributed by atoms with Gasteiger partial charge in [0.25, 0.3) is 0 Å². The number of aryl methyl sites for hydroxylation is 1. The molecule has 4 nitrogen and oxygen atoms in total. The maximum atomic E-state index is 12.2. The van der Waals surface area contributed by atoms with Crippen LogP contribution in [0.25, 0.3) is 0 Å². The lowest BCUT2D eigenvalue weighted by molar-refractivity contribution is -0.148. The van der Waals surface area contributed by atoms with Gasteiger partial charge < -0.3 is 9.64 Å². The van der Waals surface area contributed by atoms with Crippen molar-refractivity contribution in [3.05, 3.63) is 28.2 Å². The first kappa shape index (κ1) is 18.0. The Bertz CT molecular complexity index is 508. The second-order valence-corrected chi connectivity index (χ2v) is 6.34. The van der Waals surface area contributed by atoms with Gasteiger partial charge >= 0.3 is 5.97 Å². The van der Waals surface area contributed by atoms with Crippen LogP contribution in [0.5, 0.6) is 0 Å². The fourth-order valence-corrected chi connectivity index (χ4v) is 3.13. The van der Waals surface area contributed by atoms with Gasteiger partial charge in [-0.25, -0.2) is 0 Å². The summed E-state index contributed by atoms with van der Waals surface area (Å²) in [5, 5.41) is 0. The van der Waals surface area contributed by atoms with Crippen molar-refractivity contribution in [3.8, 4) is 0 Å². The Morgan fingerprint density at radius 1 is 1.33 bits per heavy atom. The van der Waals surface area contributed by atoms with Crippen LogP contribution in [0.2, 0.25) is 0 Å². The van der Waals surface area contributed by atoms with Gasteiger partial charge in [-0.3, -0.25) is 9.59 Å². The van der Waals surface area contributed by atoms with Gasteiger partial charge in [0.15, 0.2) is 0 Å². The van der Waals surface area contributed by atoms with E-state index in [2.05, 4.69) is 15.9 Å². The summed E-state index contributed by atoms with van der Waals surface area (Å²) in [7, 11) is 0. The van der Waals surface area contributed by atoms with E-state index in [0.29, 0.717) is 18.9 Å². The molecule has 0 N–H and O–H groups in total. The van der Waals surface area contributed by atoms with Gasteiger partial charge in [-0.05, 0) is 44.5 Å². The van der Waals surface area contributed by atoms with E-state index in [0.717, 1.165) is 14.9 Å². The summed E-state index contributed by atoms with van der Waals surface area (Å²) in [6.07, 6.45) is 0. The van der Waals surface area contributed by atoms with Gasteiger partial charge in [-0.15, -0.1) is 11.8 Å². The molecule has 0 bridgehead atoms. The number of halogens is 1. The summed E-state index contributed by atoms with van der Waals surface area (Å²) in [5.41, 5.74) is 1.12. The van der Waals surface area contributed by atoms with Crippen molar-refractivity contribution in [1.82, 2.24) is 4.90 Å². The quantitative estimate of drug-likeness (QED) is 0.543. The Hall–Kier alpha value is -1.01. The summed E-state index contributed by atoms with van der Waals surface area (Å²) >= 11 is 4.90. The fraction of sp³-hybridized carbons (Fsp3) is 0.467. The van der Waals surface area contributed by atoms with Gasteiger partial charge in [-0.2, -0.15) is 0 Å². The third-order valence-corrected chi connectivity index (χ3v) is 4.50. The highest BCUT2D eigenvalue weighted by Crippen LogP contribution is 2.25. The molecule has 0 aromatic heterocycles. The van der Waals surface area contributed by atoms with Crippen LogP contribution in [0.15, 0.2) is 27.6 Å². The van der Waals surface area contributed by atoms with Crippen LogP contribution in [-0.2, 0) is 14.3 Å². The highest BCUT2D eigenvalue weighted by molar-refractivity contribution is 9.10. The van der Waals surface area contributed by atoms with E-state index >= 15 is 0 Å². The lowest BCUT2D eigenvalue weighted by atomic mass is 10.2. The number of hydrogen-bond acceptors (Lipinski definition) is 4. The fourth-order valence-electron chi connectivity index (χ4n) is 1.74. The number of amides is 1. The number of carbonyl (C=O) groups is 2. The molecule has 1 aromatic carbocycles. The van der Waals surface area contributed by atoms with E-state index in [-0.39, 0.29) is 18.4 Å². The first-order valence-corrected chi connectivity index (χ1v) is 8.58. The van der Waals surface area contributed by atoms with E-state index in [1.807, 2.05) is 32.0 Å². The minimum atomic E-state index is -0.363. The van der Waals surface area contributed by atoms with Gasteiger partial charge in [0.1, 0.15) is 6.54 Å². The van der Waals surface area contributed by atoms with Crippen molar-refractivity contribution in [1.29, 1.82) is 0 Å². The molecular weight excluding hydrogens is 354 g/mol. The molecule has 0 saturated heterocycles. The molecule has 1 aromatic rings. The van der Waals surface area contributed by atoms with Gasteiger partial charge in [-0.1, -0.05) is 15.9 Å². The topological polar surface area (TPSA) is 46.6 Å². The van der Waals surface area contributed by atoms with Crippen molar-refractivity contribution in [2.24, 2.45) is 0 Å². The van der Waals surface area contributed by atoms with E-state index < -0.39 is 0 Å². The molecule has 0 heterocycles. The first-order chi connectivity index (χ1) is 9.97. The Kier molecular flexibility index (Phi) is 7.82. The van der Waals surface area contributed by atoms with Crippen LogP contribution in [-0.4, -0.2) is 42.2 Å². The van der Waals surface area contributed by atoms with Crippen molar-refractivity contribution < 1.29 is 14.3 Å². The molecule has 1 rings (SSSR count). The predicted octanol–water partition coefficient (Wildman–Crippen LogP) is 3.26. The third kappa shape index (κ3) is 6.09. The van der Waals surface area contributed by atoms with E-state index in [9.17, 15) is 9.59 Å². The number of thioether (sulfide) groups is 1. The molecule has 0 atom stereocenters. The number of hydrogen-bond donors (Lipinski definition) is 0. The maximum absolute atomic E-state index is 12.2. The third-order valence-electron chi connectivity index (χ3n) is 2.85. The number of ether oxygens (including phenoxy) is 1. The minimum Gasteiger partial charge on any atom is -0.465 e. The van der Waals surface area contributed by atoms with Crippen molar-refractivity contribution >= 4 is 39.6 Å². The molecule has 116 valence electrons. The van der Waals surface area contributed by atoms with Crippen LogP contribution in [0.4, 0.5) is 0 Å². The molecule has 0 aliphatic carbocycles. The van der Waals surface area contributed by atoms with Crippen LogP contribution in [0.1, 0.15) is 19.4 Å². The van der Waals surface area contributed by atoms with Crippen molar-refractivity contribution in [2.75, 3.05) is 25.4 Å². The van der Waals surface area contributed by atoms with Gasteiger partial charge in [0.2, 0.25) is 5.91 Å². The number of carbonyl (C=O) groups excluding carboxylic acids is 2. The van der Waals surface area contributed by atoms with Crippen LogP contribution >= 0.6 is 27.7 Å². The molecule has 0 spiro atoms. The number of benzene rings is 1. The molecule has 21 heavy (non-hydrogen) atoms. The summed E-state index contributed by atoms with van der Waals surface area (Å²) in [6.45, 7) is 6.46. The standard InChI is InChI=1S/C15H20BrNO3S/c1-4-17(9-15(19)20-5-2)14(18)10-21-13-7-6-12(16)8-11(13)3/h6-8H,4-5,9-10H2,1-3H3. The smallest absolute Gasteiger partial charge is 0.325 e. The van der Waals surface area contributed by atoms with Crippen molar-refractivity contribution in [3.63, 3.8) is 0 Å². The van der Waals surface area contributed by atoms with Gasteiger partial charge in [0.05, 0.1) is 12.4 Å². The average Bonchev–Trinajstić information content (AvgIpc) is 2.43. The molecule has 0 aliphatic heterocycles. The summed E-state index contributed by atoms with van der Waals surface area (Å²) in [6, 6.07) is 5.96. The highest BCUT2D eigenvalue weighted by atomic mass is 79.9. The maximum Gasteiger partial charge on any atom is 0.325 e. The van der Waals surface area contributed by atoms with E-state index in [1.165, 1.54) is 16.7 Å². The normalized spacial score (nSPS) is 10.3. The van der Waals surface area contributed by atoms with E-state index in [1.54, 1.807) is 6.92 Å². The number of nitrogens with zero attached hydrogens (tertiary/aromatic N) is 1. The number of likely N-dealkylation sites (N-methyl/N-ethyl adjacent to an activating group) is 1. The second-order valence-electron chi connectivity index (χ2n) is 4.41. The molecular formula is C15H20BrNO3S. The van der Waals surface area contributed by atoms with Crippen molar-refractivity contribution in [2.45, 2.75) is 25.7 Å². The number of esters is 1. The van der Waals surface area contributed by atoms with E-state index in [4.69, 9.17) is 4.74 Å². The summed E-state index contributed by atoms with van der Waals surface area (Å²) < 4.78 is 5.90. The van der Waals surface area contributed by atoms with Crippen LogP contribution in [0, 0.1) is 6.92 Å². The zero-order valence-electron chi connectivity index (χ0n) is 12.5. The minimum absolute atomic E-state index is 0.0169. The van der Waals surface area contributed by atoms with Gasteiger partial charge in [0, 0.05) is 15.9 Å². The lowest BCUT2D eigenvalue weighted by Crippen LogP contribution is -2.37. The molecule has 0 saturated carbocycles. The predicted molar refractivity (Wildman–Crippen MR) is 88.5 cm³/mol. The monoisotopic (exact) mass is 373 g/mol. The summed E-state index contributed by atoms with van der Waals surface area (Å²) in [5.74, 6) is -0.106. The molecule has 0 aliphatic rings. The second kappa shape index (κ2) is 9.10. The highest BCUT2D eigenvalue weighted by Gasteiger charge is 2.16. The molecule has 0 unspecified atom stereocenters. The zero-order valence-corrected chi connectivity index (χ0v) is 14.9. The number of rotatable bonds is 7. The molecule has 0 radical (unpaired) electrons. The first-order valence-electron chi connectivity index (χ1n) is 6.80.